The zero-order chi connectivity index (χ0) is 22.9. The number of aryl methyl sites for hydroxylation is 1. The molecule has 2 aromatic heterocycles. The number of ether oxygens (including phenoxy) is 1. The van der Waals surface area contributed by atoms with Gasteiger partial charge in [0.05, 0.1) is 22.2 Å². The van der Waals surface area contributed by atoms with Gasteiger partial charge in [-0.1, -0.05) is 13.8 Å². The number of fused-ring (bicyclic) bond motifs is 1. The van der Waals surface area contributed by atoms with Gasteiger partial charge >= 0.3 is 0 Å². The first-order valence-corrected chi connectivity index (χ1v) is 11.1. The number of hydrogen-bond acceptors (Lipinski definition) is 5. The van der Waals surface area contributed by atoms with Gasteiger partial charge in [0, 0.05) is 31.4 Å². The van der Waals surface area contributed by atoms with Crippen molar-refractivity contribution in [3.05, 3.63) is 23.0 Å². The Hall–Kier alpha value is -2.48. The van der Waals surface area contributed by atoms with Crippen LogP contribution in [0, 0.1) is 12.8 Å². The van der Waals surface area contributed by atoms with Gasteiger partial charge in [0.15, 0.2) is 5.65 Å². The maximum atomic E-state index is 13.5. The number of nitrogens with two attached hydrogens (primary N) is 1. The van der Waals surface area contributed by atoms with Crippen molar-refractivity contribution >= 4 is 22.8 Å². The average molecular weight is 430 g/mol. The molecule has 1 aliphatic rings. The van der Waals surface area contributed by atoms with Crippen LogP contribution in [-0.2, 0) is 15.1 Å². The molecule has 3 heterocycles. The van der Waals surface area contributed by atoms with Gasteiger partial charge in [-0.25, -0.2) is 9.67 Å². The lowest BCUT2D eigenvalue weighted by Gasteiger charge is -2.30. The van der Waals surface area contributed by atoms with E-state index in [9.17, 15) is 9.59 Å². The van der Waals surface area contributed by atoms with Crippen LogP contribution in [0.15, 0.2) is 6.07 Å². The highest BCUT2D eigenvalue weighted by Crippen LogP contribution is 2.29. The fourth-order valence-corrected chi connectivity index (χ4v) is 4.17. The van der Waals surface area contributed by atoms with Crippen LogP contribution in [0.25, 0.3) is 11.0 Å². The van der Waals surface area contributed by atoms with Crippen LogP contribution >= 0.6 is 0 Å². The highest BCUT2D eigenvalue weighted by molar-refractivity contribution is 6.06. The standard InChI is InChI=1S/C23H35N5O3/c1-13(2)17-11-16(20-14(3)27-28(21(20)25-17)23(4,5)6)22(30)26-18(12-19(24)29)15-7-9-31-10-8-15/h11,13,15,18H,7-10,12H2,1-6H3,(H2,24,29)(H,26,30)/t18-/m1/s1. The van der Waals surface area contributed by atoms with Gasteiger partial charge in [-0.2, -0.15) is 5.10 Å². The summed E-state index contributed by atoms with van der Waals surface area (Å²) in [6.45, 7) is 13.5. The molecule has 2 amide bonds. The first-order chi connectivity index (χ1) is 14.5. The van der Waals surface area contributed by atoms with E-state index in [-0.39, 0.29) is 35.7 Å². The first kappa shape index (κ1) is 23.2. The summed E-state index contributed by atoms with van der Waals surface area (Å²) in [4.78, 5) is 30.1. The molecular formula is C23H35N5O3. The second-order valence-electron chi connectivity index (χ2n) is 9.82. The first-order valence-electron chi connectivity index (χ1n) is 11.1. The molecule has 3 N–H and O–H groups in total. The lowest BCUT2D eigenvalue weighted by molar-refractivity contribution is -0.118. The van der Waals surface area contributed by atoms with Crippen molar-refractivity contribution in [2.24, 2.45) is 11.7 Å². The number of nitrogens with one attached hydrogen (secondary N) is 1. The van der Waals surface area contributed by atoms with Gasteiger partial charge in [0.25, 0.3) is 5.91 Å². The van der Waals surface area contributed by atoms with E-state index in [0.717, 1.165) is 29.6 Å². The van der Waals surface area contributed by atoms with Crippen LogP contribution < -0.4 is 11.1 Å². The van der Waals surface area contributed by atoms with E-state index >= 15 is 0 Å². The summed E-state index contributed by atoms with van der Waals surface area (Å²) in [5.74, 6) is -0.332. The summed E-state index contributed by atoms with van der Waals surface area (Å²) < 4.78 is 7.33. The summed E-state index contributed by atoms with van der Waals surface area (Å²) in [6.07, 6.45) is 1.70. The third-order valence-corrected chi connectivity index (χ3v) is 5.88. The van der Waals surface area contributed by atoms with Gasteiger partial charge in [-0.3, -0.25) is 9.59 Å². The van der Waals surface area contributed by atoms with Crippen LogP contribution in [0.5, 0.6) is 0 Å². The lowest BCUT2D eigenvalue weighted by atomic mass is 9.89. The van der Waals surface area contributed by atoms with Crippen molar-refractivity contribution in [3.63, 3.8) is 0 Å². The van der Waals surface area contributed by atoms with Crippen molar-refractivity contribution in [1.82, 2.24) is 20.1 Å². The monoisotopic (exact) mass is 429 g/mol. The third-order valence-electron chi connectivity index (χ3n) is 5.88. The van der Waals surface area contributed by atoms with Crippen molar-refractivity contribution in [1.29, 1.82) is 0 Å². The summed E-state index contributed by atoms with van der Waals surface area (Å²) in [5, 5.41) is 8.56. The highest BCUT2D eigenvalue weighted by atomic mass is 16.5. The van der Waals surface area contributed by atoms with E-state index in [4.69, 9.17) is 20.6 Å². The maximum absolute atomic E-state index is 13.5. The van der Waals surface area contributed by atoms with Gasteiger partial charge in [0.1, 0.15) is 0 Å². The zero-order valence-corrected chi connectivity index (χ0v) is 19.5. The summed E-state index contributed by atoms with van der Waals surface area (Å²) >= 11 is 0. The van der Waals surface area contributed by atoms with E-state index in [1.807, 2.05) is 17.7 Å². The fourth-order valence-electron chi connectivity index (χ4n) is 4.17. The predicted octanol–water partition coefficient (Wildman–Crippen LogP) is 3.02. The Labute approximate surface area is 183 Å². The fraction of sp³-hybridized carbons (Fsp3) is 0.652. The minimum absolute atomic E-state index is 0.113. The molecule has 0 aliphatic carbocycles. The van der Waals surface area contributed by atoms with Crippen LogP contribution in [0.3, 0.4) is 0 Å². The molecule has 1 saturated heterocycles. The molecule has 31 heavy (non-hydrogen) atoms. The lowest BCUT2D eigenvalue weighted by Crippen LogP contribution is -2.44. The van der Waals surface area contributed by atoms with E-state index < -0.39 is 5.91 Å². The summed E-state index contributed by atoms with van der Waals surface area (Å²) in [7, 11) is 0. The van der Waals surface area contributed by atoms with Gasteiger partial charge < -0.3 is 15.8 Å². The molecule has 1 aliphatic heterocycles. The van der Waals surface area contributed by atoms with E-state index in [0.29, 0.717) is 24.4 Å². The minimum atomic E-state index is -0.420. The topological polar surface area (TPSA) is 112 Å². The molecule has 0 bridgehead atoms. The number of nitrogens with zero attached hydrogens (tertiary/aromatic N) is 3. The van der Waals surface area contributed by atoms with Crippen molar-refractivity contribution in [3.8, 4) is 0 Å². The van der Waals surface area contributed by atoms with E-state index in [1.54, 1.807) is 0 Å². The number of rotatable bonds is 6. The van der Waals surface area contributed by atoms with Gasteiger partial charge in [0.2, 0.25) is 5.91 Å². The number of carbonyl (C=O) groups is 2. The Bertz CT molecular complexity index is 968. The number of aromatic nitrogens is 3. The summed E-state index contributed by atoms with van der Waals surface area (Å²) in [5.41, 5.74) is 8.07. The number of carbonyl (C=O) groups excluding carboxylic acids is 2. The SMILES string of the molecule is Cc1nn(C(C)(C)C)c2nc(C(C)C)cc(C(=O)N[C@H](CC(N)=O)C3CCOCC3)c12. The van der Waals surface area contributed by atoms with Gasteiger partial charge in [-0.05, 0) is 58.4 Å². The molecule has 1 atom stereocenters. The summed E-state index contributed by atoms with van der Waals surface area (Å²) in [6, 6.07) is 1.53. The van der Waals surface area contributed by atoms with Crippen LogP contribution in [-0.4, -0.2) is 45.8 Å². The van der Waals surface area contributed by atoms with Crippen LogP contribution in [0.4, 0.5) is 0 Å². The van der Waals surface area contributed by atoms with E-state index in [1.165, 1.54) is 0 Å². The largest absolute Gasteiger partial charge is 0.381 e. The number of hydrogen-bond donors (Lipinski definition) is 2. The van der Waals surface area contributed by atoms with Crippen molar-refractivity contribution < 1.29 is 14.3 Å². The molecule has 8 nitrogen and oxygen atoms in total. The number of amides is 2. The molecule has 0 unspecified atom stereocenters. The average Bonchev–Trinajstić information content (AvgIpc) is 3.04. The molecule has 1 fully saturated rings. The second kappa shape index (κ2) is 8.94. The molecule has 8 heteroatoms. The normalized spacial score (nSPS) is 16.6. The van der Waals surface area contributed by atoms with Gasteiger partial charge in [-0.15, -0.1) is 0 Å². The molecule has 0 spiro atoms. The Morgan fingerprint density at radius 3 is 2.48 bits per heavy atom. The predicted molar refractivity (Wildman–Crippen MR) is 120 cm³/mol. The quantitative estimate of drug-likeness (QED) is 0.733. The van der Waals surface area contributed by atoms with E-state index in [2.05, 4.69) is 39.9 Å². The molecule has 170 valence electrons. The third kappa shape index (κ3) is 5.06. The van der Waals surface area contributed by atoms with Crippen molar-refractivity contribution in [2.45, 2.75) is 78.3 Å². The number of primary amides is 1. The molecular weight excluding hydrogens is 394 g/mol. The minimum Gasteiger partial charge on any atom is -0.381 e. The molecule has 0 radical (unpaired) electrons. The van der Waals surface area contributed by atoms with Crippen molar-refractivity contribution in [2.75, 3.05) is 13.2 Å². The Balaban J connectivity index is 2.06. The van der Waals surface area contributed by atoms with Crippen LogP contribution in [0.1, 0.15) is 81.5 Å². The smallest absolute Gasteiger partial charge is 0.252 e. The van der Waals surface area contributed by atoms with Crippen LogP contribution in [0.2, 0.25) is 0 Å². The molecule has 0 aromatic carbocycles. The Morgan fingerprint density at radius 1 is 1.29 bits per heavy atom. The molecule has 2 aromatic rings. The molecule has 3 rings (SSSR count). The second-order valence-corrected chi connectivity index (χ2v) is 9.82. The molecule has 0 saturated carbocycles. The zero-order valence-electron chi connectivity index (χ0n) is 19.5. The highest BCUT2D eigenvalue weighted by Gasteiger charge is 2.30. The Morgan fingerprint density at radius 2 is 1.94 bits per heavy atom. The maximum Gasteiger partial charge on any atom is 0.252 e. The number of pyridine rings is 1. The Kier molecular flexibility index (Phi) is 6.69.